The Morgan fingerprint density at radius 2 is 1.72 bits per heavy atom. The molecule has 0 radical (unpaired) electrons. The molecule has 32 heavy (non-hydrogen) atoms. The number of hydrogen-bond acceptors (Lipinski definition) is 6. The van der Waals surface area contributed by atoms with Crippen LogP contribution in [0.5, 0.6) is 29.0 Å². The SMILES string of the molecule is COc1cc(C(=O)N(C)C)ccc1Oc1nc(Oc2cccc(C#N)c2)c(F)c(C)c1F. The van der Waals surface area contributed by atoms with Gasteiger partial charge in [-0.05, 0) is 43.3 Å². The number of rotatable bonds is 6. The van der Waals surface area contributed by atoms with E-state index >= 15 is 0 Å². The molecule has 164 valence electrons. The molecule has 0 aliphatic carbocycles. The lowest BCUT2D eigenvalue weighted by Gasteiger charge is -2.15. The summed E-state index contributed by atoms with van der Waals surface area (Å²) in [6.07, 6.45) is 0. The van der Waals surface area contributed by atoms with Gasteiger partial charge in [-0.15, -0.1) is 0 Å². The first-order valence-corrected chi connectivity index (χ1v) is 9.36. The standard InChI is InChI=1S/C23H19F2N3O4/c1-13-19(24)21(31-16-7-5-6-14(10-16)12-26)27-22(20(13)25)32-17-9-8-15(11-18(17)30-4)23(29)28(2)3/h5-11H,1-4H3. The number of nitrogens with zero attached hydrogens (tertiary/aromatic N) is 3. The molecule has 2 aromatic carbocycles. The first-order valence-electron chi connectivity index (χ1n) is 9.36. The Balaban J connectivity index is 1.98. The van der Waals surface area contributed by atoms with Crippen molar-refractivity contribution in [1.82, 2.24) is 9.88 Å². The lowest BCUT2D eigenvalue weighted by molar-refractivity contribution is 0.0827. The summed E-state index contributed by atoms with van der Waals surface area (Å²) in [5.74, 6) is -2.97. The maximum absolute atomic E-state index is 14.7. The second-order valence-corrected chi connectivity index (χ2v) is 6.88. The Labute approximate surface area is 183 Å². The van der Waals surface area contributed by atoms with Crippen LogP contribution in [0.2, 0.25) is 0 Å². The Morgan fingerprint density at radius 3 is 2.34 bits per heavy atom. The zero-order chi connectivity index (χ0) is 23.4. The summed E-state index contributed by atoms with van der Waals surface area (Å²) >= 11 is 0. The number of aromatic nitrogens is 1. The Kier molecular flexibility index (Phi) is 6.54. The number of hydrogen-bond donors (Lipinski definition) is 0. The third kappa shape index (κ3) is 4.59. The summed E-state index contributed by atoms with van der Waals surface area (Å²) < 4.78 is 45.5. The predicted octanol–water partition coefficient (Wildman–Crippen LogP) is 4.83. The van der Waals surface area contributed by atoms with E-state index in [1.807, 2.05) is 6.07 Å². The van der Waals surface area contributed by atoms with Gasteiger partial charge < -0.3 is 19.1 Å². The van der Waals surface area contributed by atoms with Crippen molar-refractivity contribution >= 4 is 5.91 Å². The van der Waals surface area contributed by atoms with E-state index in [1.54, 1.807) is 26.2 Å². The molecule has 0 bridgehead atoms. The van der Waals surface area contributed by atoms with Gasteiger partial charge in [0.1, 0.15) is 5.75 Å². The number of amides is 1. The van der Waals surface area contributed by atoms with Crippen molar-refractivity contribution < 1.29 is 27.8 Å². The van der Waals surface area contributed by atoms with Crippen molar-refractivity contribution in [2.75, 3.05) is 21.2 Å². The maximum Gasteiger partial charge on any atom is 0.259 e. The molecule has 0 saturated carbocycles. The quantitative estimate of drug-likeness (QED) is 0.547. The summed E-state index contributed by atoms with van der Waals surface area (Å²) in [6, 6.07) is 12.3. The number of pyridine rings is 1. The normalized spacial score (nSPS) is 10.3. The zero-order valence-corrected chi connectivity index (χ0v) is 17.8. The van der Waals surface area contributed by atoms with Crippen LogP contribution < -0.4 is 14.2 Å². The monoisotopic (exact) mass is 439 g/mol. The molecular formula is C23H19F2N3O4. The third-order valence-electron chi connectivity index (χ3n) is 4.44. The second-order valence-electron chi connectivity index (χ2n) is 6.88. The molecule has 0 N–H and O–H groups in total. The fourth-order valence-electron chi connectivity index (χ4n) is 2.73. The number of carbonyl (C=O) groups excluding carboxylic acids is 1. The summed E-state index contributed by atoms with van der Waals surface area (Å²) in [4.78, 5) is 17.4. The van der Waals surface area contributed by atoms with Gasteiger partial charge in [0.2, 0.25) is 0 Å². The summed E-state index contributed by atoms with van der Waals surface area (Å²) in [5.41, 5.74) is 0.277. The first-order chi connectivity index (χ1) is 15.2. The Morgan fingerprint density at radius 1 is 1.03 bits per heavy atom. The van der Waals surface area contributed by atoms with Crippen molar-refractivity contribution in [3.8, 4) is 35.1 Å². The number of halogens is 2. The van der Waals surface area contributed by atoms with Crippen LogP contribution in [0.1, 0.15) is 21.5 Å². The first kappa shape index (κ1) is 22.5. The molecule has 3 aromatic rings. The number of ether oxygens (including phenoxy) is 3. The Bertz CT molecular complexity index is 1220. The smallest absolute Gasteiger partial charge is 0.259 e. The minimum atomic E-state index is -1.02. The van der Waals surface area contributed by atoms with Gasteiger partial charge in [-0.3, -0.25) is 4.79 Å². The molecule has 1 aromatic heterocycles. The van der Waals surface area contributed by atoms with E-state index in [2.05, 4.69) is 4.98 Å². The minimum Gasteiger partial charge on any atom is -0.493 e. The van der Waals surface area contributed by atoms with Crippen LogP contribution in [0.15, 0.2) is 42.5 Å². The highest BCUT2D eigenvalue weighted by Crippen LogP contribution is 2.36. The van der Waals surface area contributed by atoms with Gasteiger partial charge in [-0.25, -0.2) is 8.78 Å². The van der Waals surface area contributed by atoms with E-state index in [4.69, 9.17) is 19.5 Å². The van der Waals surface area contributed by atoms with E-state index in [-0.39, 0.29) is 28.7 Å². The molecular weight excluding hydrogens is 420 g/mol. The molecule has 1 heterocycles. The van der Waals surface area contributed by atoms with E-state index in [9.17, 15) is 13.6 Å². The molecule has 0 aliphatic rings. The molecule has 0 aliphatic heterocycles. The van der Waals surface area contributed by atoms with Crippen molar-refractivity contribution in [2.45, 2.75) is 6.92 Å². The van der Waals surface area contributed by atoms with Crippen molar-refractivity contribution in [3.05, 3.63) is 70.8 Å². The highest BCUT2D eigenvalue weighted by Gasteiger charge is 2.22. The molecule has 3 rings (SSSR count). The number of methoxy groups -OCH3 is 1. The minimum absolute atomic E-state index is 0.0673. The van der Waals surface area contributed by atoms with Gasteiger partial charge in [0.15, 0.2) is 23.1 Å². The van der Waals surface area contributed by atoms with Crippen LogP contribution in [0.3, 0.4) is 0 Å². The highest BCUT2D eigenvalue weighted by molar-refractivity contribution is 5.94. The summed E-state index contributed by atoms with van der Waals surface area (Å²) in [7, 11) is 4.57. The molecule has 1 amide bonds. The van der Waals surface area contributed by atoms with Crippen molar-refractivity contribution in [1.29, 1.82) is 5.26 Å². The van der Waals surface area contributed by atoms with Gasteiger partial charge in [-0.2, -0.15) is 10.2 Å². The molecule has 0 spiro atoms. The number of benzene rings is 2. The van der Waals surface area contributed by atoms with Crippen LogP contribution >= 0.6 is 0 Å². The summed E-state index contributed by atoms with van der Waals surface area (Å²) in [6.45, 7) is 1.22. The van der Waals surface area contributed by atoms with Gasteiger partial charge >= 0.3 is 0 Å². The number of carbonyl (C=O) groups is 1. The van der Waals surface area contributed by atoms with Crippen LogP contribution in [0, 0.1) is 29.9 Å². The predicted molar refractivity (Wildman–Crippen MR) is 111 cm³/mol. The van der Waals surface area contributed by atoms with Crippen molar-refractivity contribution in [3.63, 3.8) is 0 Å². The molecule has 7 nitrogen and oxygen atoms in total. The van der Waals surface area contributed by atoms with E-state index < -0.39 is 23.4 Å². The van der Waals surface area contributed by atoms with Crippen LogP contribution in [0.25, 0.3) is 0 Å². The van der Waals surface area contributed by atoms with E-state index in [1.165, 1.54) is 49.3 Å². The molecule has 0 atom stereocenters. The molecule has 9 heteroatoms. The Hall–Kier alpha value is -4.19. The van der Waals surface area contributed by atoms with Gasteiger partial charge in [-0.1, -0.05) is 6.07 Å². The topological polar surface area (TPSA) is 84.7 Å². The van der Waals surface area contributed by atoms with E-state index in [0.29, 0.717) is 11.1 Å². The second kappa shape index (κ2) is 9.31. The van der Waals surface area contributed by atoms with Crippen molar-refractivity contribution in [2.24, 2.45) is 0 Å². The van der Waals surface area contributed by atoms with Gasteiger partial charge in [0.05, 0.1) is 18.7 Å². The zero-order valence-electron chi connectivity index (χ0n) is 17.8. The maximum atomic E-state index is 14.7. The fraction of sp³-hybridized carbons (Fsp3) is 0.174. The fourth-order valence-corrected chi connectivity index (χ4v) is 2.73. The molecule has 0 saturated heterocycles. The lowest BCUT2D eigenvalue weighted by Crippen LogP contribution is -2.21. The average molecular weight is 439 g/mol. The van der Waals surface area contributed by atoms with Crippen LogP contribution in [0.4, 0.5) is 8.78 Å². The van der Waals surface area contributed by atoms with E-state index in [0.717, 1.165) is 0 Å². The largest absolute Gasteiger partial charge is 0.493 e. The average Bonchev–Trinajstić information content (AvgIpc) is 2.80. The molecule has 0 fully saturated rings. The van der Waals surface area contributed by atoms with Gasteiger partial charge in [0.25, 0.3) is 17.7 Å². The highest BCUT2D eigenvalue weighted by atomic mass is 19.1. The third-order valence-corrected chi connectivity index (χ3v) is 4.44. The molecule has 0 unspecified atom stereocenters. The van der Waals surface area contributed by atoms with Crippen LogP contribution in [-0.4, -0.2) is 37.0 Å². The lowest BCUT2D eigenvalue weighted by atomic mass is 10.2. The summed E-state index contributed by atoms with van der Waals surface area (Å²) in [5, 5.41) is 9.00. The van der Waals surface area contributed by atoms with Crippen LogP contribution in [-0.2, 0) is 0 Å². The number of nitriles is 1. The van der Waals surface area contributed by atoms with Gasteiger partial charge in [0, 0.05) is 25.2 Å².